The maximum atomic E-state index is 6.17. The summed E-state index contributed by atoms with van der Waals surface area (Å²) in [4.78, 5) is 4.38. The smallest absolute Gasteiger partial charge is 0.0951 e. The van der Waals surface area contributed by atoms with Crippen molar-refractivity contribution in [1.82, 2.24) is 4.98 Å². The average molecular weight is 270 g/mol. The van der Waals surface area contributed by atoms with Crippen LogP contribution in [-0.2, 0) is 0 Å². The number of anilines is 3. The SMILES string of the molecule is Nc1ccc(Nc2ccc(Cl)c3cccnc23)cc1. The van der Waals surface area contributed by atoms with Crippen LogP contribution in [0.3, 0.4) is 0 Å². The topological polar surface area (TPSA) is 50.9 Å². The van der Waals surface area contributed by atoms with Crippen molar-refractivity contribution in [3.05, 3.63) is 59.8 Å². The fraction of sp³-hybridized carbons (Fsp3) is 0. The third-order valence-electron chi connectivity index (χ3n) is 2.91. The van der Waals surface area contributed by atoms with Crippen molar-refractivity contribution in [2.24, 2.45) is 0 Å². The van der Waals surface area contributed by atoms with Crippen LogP contribution in [0.15, 0.2) is 54.7 Å². The van der Waals surface area contributed by atoms with E-state index in [4.69, 9.17) is 17.3 Å². The van der Waals surface area contributed by atoms with Gasteiger partial charge in [0.25, 0.3) is 0 Å². The summed E-state index contributed by atoms with van der Waals surface area (Å²) in [6.45, 7) is 0. The van der Waals surface area contributed by atoms with Gasteiger partial charge >= 0.3 is 0 Å². The number of nitrogen functional groups attached to an aromatic ring is 1. The Balaban J connectivity index is 2.06. The van der Waals surface area contributed by atoms with Crippen LogP contribution < -0.4 is 11.1 Å². The van der Waals surface area contributed by atoms with Crippen LogP contribution in [0.25, 0.3) is 10.9 Å². The number of aromatic nitrogens is 1. The molecule has 94 valence electrons. The van der Waals surface area contributed by atoms with Gasteiger partial charge in [0.05, 0.1) is 16.2 Å². The van der Waals surface area contributed by atoms with E-state index in [1.54, 1.807) is 6.20 Å². The van der Waals surface area contributed by atoms with Crippen LogP contribution in [0.4, 0.5) is 17.1 Å². The zero-order chi connectivity index (χ0) is 13.2. The second kappa shape index (κ2) is 4.78. The third-order valence-corrected chi connectivity index (χ3v) is 3.24. The number of rotatable bonds is 2. The second-order valence-electron chi connectivity index (χ2n) is 4.24. The van der Waals surface area contributed by atoms with Crippen molar-refractivity contribution in [2.75, 3.05) is 11.1 Å². The first-order chi connectivity index (χ1) is 9.24. The second-order valence-corrected chi connectivity index (χ2v) is 4.65. The Bertz CT molecular complexity index is 723. The lowest BCUT2D eigenvalue weighted by Gasteiger charge is -2.10. The molecule has 19 heavy (non-hydrogen) atoms. The van der Waals surface area contributed by atoms with E-state index in [2.05, 4.69) is 10.3 Å². The zero-order valence-corrected chi connectivity index (χ0v) is 10.9. The number of fused-ring (bicyclic) bond motifs is 1. The van der Waals surface area contributed by atoms with Crippen LogP contribution >= 0.6 is 11.6 Å². The highest BCUT2D eigenvalue weighted by Gasteiger charge is 2.05. The number of nitrogens with zero attached hydrogens (tertiary/aromatic N) is 1. The van der Waals surface area contributed by atoms with Gasteiger partial charge in [-0.3, -0.25) is 4.98 Å². The summed E-state index contributed by atoms with van der Waals surface area (Å²) in [7, 11) is 0. The molecule has 0 fully saturated rings. The Kier molecular flexibility index (Phi) is 2.97. The molecule has 3 N–H and O–H groups in total. The molecule has 0 radical (unpaired) electrons. The van der Waals surface area contributed by atoms with Crippen molar-refractivity contribution in [3.63, 3.8) is 0 Å². The van der Waals surface area contributed by atoms with E-state index in [0.29, 0.717) is 5.02 Å². The average Bonchev–Trinajstić information content (AvgIpc) is 2.45. The summed E-state index contributed by atoms with van der Waals surface area (Å²) in [6, 6.07) is 15.2. The molecule has 2 aromatic carbocycles. The van der Waals surface area contributed by atoms with Crippen LogP contribution in [-0.4, -0.2) is 4.98 Å². The highest BCUT2D eigenvalue weighted by atomic mass is 35.5. The maximum absolute atomic E-state index is 6.17. The Labute approximate surface area is 116 Å². The van der Waals surface area contributed by atoms with E-state index in [0.717, 1.165) is 28.0 Å². The van der Waals surface area contributed by atoms with Crippen molar-refractivity contribution in [2.45, 2.75) is 0 Å². The van der Waals surface area contributed by atoms with Gasteiger partial charge in [0.15, 0.2) is 0 Å². The van der Waals surface area contributed by atoms with E-state index in [-0.39, 0.29) is 0 Å². The van der Waals surface area contributed by atoms with Gasteiger partial charge in [0.1, 0.15) is 0 Å². The van der Waals surface area contributed by atoms with Gasteiger partial charge in [-0.05, 0) is 48.5 Å². The summed E-state index contributed by atoms with van der Waals surface area (Å²) < 4.78 is 0. The number of hydrogen-bond acceptors (Lipinski definition) is 3. The number of nitrogens with one attached hydrogen (secondary N) is 1. The molecule has 0 unspecified atom stereocenters. The Hall–Kier alpha value is -2.26. The van der Waals surface area contributed by atoms with Crippen LogP contribution in [0.5, 0.6) is 0 Å². The van der Waals surface area contributed by atoms with Gasteiger partial charge < -0.3 is 11.1 Å². The molecule has 0 bridgehead atoms. The molecule has 0 atom stereocenters. The molecule has 4 heteroatoms. The standard InChI is InChI=1S/C15H12ClN3/c16-13-7-8-14(15-12(13)2-1-9-18-15)19-11-5-3-10(17)4-6-11/h1-9,19H,17H2. The van der Waals surface area contributed by atoms with Crippen molar-refractivity contribution in [1.29, 1.82) is 0 Å². The van der Waals surface area contributed by atoms with Gasteiger partial charge in [-0.2, -0.15) is 0 Å². The predicted molar refractivity (Wildman–Crippen MR) is 80.9 cm³/mol. The lowest BCUT2D eigenvalue weighted by atomic mass is 10.2. The fourth-order valence-corrected chi connectivity index (χ4v) is 2.18. The number of nitrogens with two attached hydrogens (primary N) is 1. The van der Waals surface area contributed by atoms with Gasteiger partial charge in [0, 0.05) is 23.0 Å². The van der Waals surface area contributed by atoms with Crippen molar-refractivity contribution in [3.8, 4) is 0 Å². The van der Waals surface area contributed by atoms with Crippen molar-refractivity contribution >= 4 is 39.6 Å². The van der Waals surface area contributed by atoms with E-state index >= 15 is 0 Å². The molecule has 1 heterocycles. The zero-order valence-electron chi connectivity index (χ0n) is 10.1. The minimum absolute atomic E-state index is 0.700. The number of hydrogen-bond donors (Lipinski definition) is 2. The predicted octanol–water partition coefficient (Wildman–Crippen LogP) is 4.21. The summed E-state index contributed by atoms with van der Waals surface area (Å²) >= 11 is 6.17. The molecule has 0 aliphatic carbocycles. The molecular formula is C15H12ClN3. The van der Waals surface area contributed by atoms with Crippen LogP contribution in [0.2, 0.25) is 5.02 Å². The van der Waals surface area contributed by atoms with Gasteiger partial charge in [-0.15, -0.1) is 0 Å². The van der Waals surface area contributed by atoms with Crippen LogP contribution in [0, 0.1) is 0 Å². The van der Waals surface area contributed by atoms with Crippen molar-refractivity contribution < 1.29 is 0 Å². The van der Waals surface area contributed by atoms with E-state index < -0.39 is 0 Å². The molecule has 3 nitrogen and oxygen atoms in total. The lowest BCUT2D eigenvalue weighted by Crippen LogP contribution is -1.93. The molecule has 0 aliphatic heterocycles. The normalized spacial score (nSPS) is 10.6. The quantitative estimate of drug-likeness (QED) is 0.685. The number of halogens is 1. The molecule has 3 rings (SSSR count). The minimum Gasteiger partial charge on any atom is -0.399 e. The van der Waals surface area contributed by atoms with Gasteiger partial charge in [-0.1, -0.05) is 11.6 Å². The monoisotopic (exact) mass is 269 g/mol. The first-order valence-electron chi connectivity index (χ1n) is 5.90. The van der Waals surface area contributed by atoms with E-state index in [1.807, 2.05) is 48.5 Å². The molecule has 3 aromatic rings. The molecule has 0 saturated heterocycles. The van der Waals surface area contributed by atoms with E-state index in [1.165, 1.54) is 0 Å². The summed E-state index contributed by atoms with van der Waals surface area (Å²) in [6.07, 6.45) is 1.76. The minimum atomic E-state index is 0.700. The lowest BCUT2D eigenvalue weighted by molar-refractivity contribution is 1.40. The number of pyridine rings is 1. The summed E-state index contributed by atoms with van der Waals surface area (Å²) in [5, 5.41) is 4.96. The van der Waals surface area contributed by atoms with Crippen LogP contribution in [0.1, 0.15) is 0 Å². The Morgan fingerprint density at radius 3 is 2.58 bits per heavy atom. The number of benzene rings is 2. The largest absolute Gasteiger partial charge is 0.399 e. The Morgan fingerprint density at radius 2 is 1.79 bits per heavy atom. The third kappa shape index (κ3) is 2.33. The highest BCUT2D eigenvalue weighted by molar-refractivity contribution is 6.35. The maximum Gasteiger partial charge on any atom is 0.0951 e. The van der Waals surface area contributed by atoms with Gasteiger partial charge in [0.2, 0.25) is 0 Å². The fourth-order valence-electron chi connectivity index (χ4n) is 1.96. The first kappa shape index (κ1) is 11.8. The molecule has 1 aromatic heterocycles. The summed E-state index contributed by atoms with van der Waals surface area (Å²) in [5.74, 6) is 0. The molecule has 0 aliphatic rings. The molecule has 0 saturated carbocycles. The summed E-state index contributed by atoms with van der Waals surface area (Å²) in [5.41, 5.74) is 9.15. The van der Waals surface area contributed by atoms with Gasteiger partial charge in [-0.25, -0.2) is 0 Å². The molecular weight excluding hydrogens is 258 g/mol. The first-order valence-corrected chi connectivity index (χ1v) is 6.27. The highest BCUT2D eigenvalue weighted by Crippen LogP contribution is 2.30. The molecule has 0 spiro atoms. The Morgan fingerprint density at radius 1 is 1.00 bits per heavy atom. The molecule has 0 amide bonds. The van der Waals surface area contributed by atoms with E-state index in [9.17, 15) is 0 Å².